The number of amides is 1. The molecule has 1 aliphatic heterocycles. The number of hydrogen-bond acceptors (Lipinski definition) is 5. The van der Waals surface area contributed by atoms with E-state index < -0.39 is 10.0 Å². The minimum atomic E-state index is -3.54. The fourth-order valence-electron chi connectivity index (χ4n) is 2.30. The highest BCUT2D eigenvalue weighted by Crippen LogP contribution is 2.32. The molecule has 0 aliphatic carbocycles. The minimum absolute atomic E-state index is 0. The zero-order valence-corrected chi connectivity index (χ0v) is 15.9. The number of carbonyl (C=O) groups excluding carboxylic acids is 1. The molecule has 0 spiro atoms. The highest BCUT2D eigenvalue weighted by atomic mass is 79.9. The molecular formula is C12H19BrClN3O3S2. The summed E-state index contributed by atoms with van der Waals surface area (Å²) in [5.41, 5.74) is 5.36. The van der Waals surface area contributed by atoms with E-state index >= 15 is 0 Å². The van der Waals surface area contributed by atoms with E-state index in [2.05, 4.69) is 21.2 Å². The molecule has 0 radical (unpaired) electrons. The summed E-state index contributed by atoms with van der Waals surface area (Å²) in [7, 11) is -3.54. The van der Waals surface area contributed by atoms with Crippen LogP contribution in [0.5, 0.6) is 0 Å². The van der Waals surface area contributed by atoms with Crippen LogP contribution < -0.4 is 11.1 Å². The van der Waals surface area contributed by atoms with Crippen LogP contribution in [0.2, 0.25) is 0 Å². The van der Waals surface area contributed by atoms with Crippen molar-refractivity contribution in [2.45, 2.75) is 17.1 Å². The summed E-state index contributed by atoms with van der Waals surface area (Å²) in [5, 5.41) is 4.46. The molecular weight excluding hydrogens is 414 g/mol. The second-order valence-electron chi connectivity index (χ2n) is 4.84. The minimum Gasteiger partial charge on any atom is -0.355 e. The lowest BCUT2D eigenvalue weighted by Gasteiger charge is -2.30. The van der Waals surface area contributed by atoms with Crippen LogP contribution in [-0.2, 0) is 14.8 Å². The number of nitrogens with two attached hydrogens (primary N) is 1. The Balaban J connectivity index is 0.00000242. The summed E-state index contributed by atoms with van der Waals surface area (Å²) in [4.78, 5) is 12.0. The third-order valence-electron chi connectivity index (χ3n) is 3.36. The molecule has 2 rings (SSSR count). The van der Waals surface area contributed by atoms with Crippen molar-refractivity contribution in [2.24, 2.45) is 11.7 Å². The molecule has 1 aromatic heterocycles. The van der Waals surface area contributed by atoms with E-state index in [1.54, 1.807) is 11.4 Å². The third kappa shape index (κ3) is 4.42. The molecule has 1 fully saturated rings. The molecule has 1 aliphatic rings. The molecule has 0 saturated carbocycles. The van der Waals surface area contributed by atoms with E-state index in [0.29, 0.717) is 41.2 Å². The number of nitrogens with one attached hydrogen (secondary N) is 1. The Morgan fingerprint density at radius 1 is 1.55 bits per heavy atom. The van der Waals surface area contributed by atoms with E-state index in [1.807, 2.05) is 0 Å². The highest BCUT2D eigenvalue weighted by molar-refractivity contribution is 9.10. The lowest BCUT2D eigenvalue weighted by Crippen LogP contribution is -2.46. The second-order valence-corrected chi connectivity index (χ2v) is 8.74. The van der Waals surface area contributed by atoms with Crippen molar-refractivity contribution in [1.29, 1.82) is 0 Å². The molecule has 6 nitrogen and oxygen atoms in total. The van der Waals surface area contributed by atoms with Crippen molar-refractivity contribution in [1.82, 2.24) is 9.62 Å². The normalized spacial score (nSPS) is 19.5. The summed E-state index contributed by atoms with van der Waals surface area (Å²) < 4.78 is 27.5. The first-order valence-electron chi connectivity index (χ1n) is 6.67. The molecule has 1 saturated heterocycles. The van der Waals surface area contributed by atoms with Crippen LogP contribution in [0.15, 0.2) is 20.1 Å². The number of carbonyl (C=O) groups is 1. The Morgan fingerprint density at radius 2 is 2.27 bits per heavy atom. The van der Waals surface area contributed by atoms with E-state index in [9.17, 15) is 13.2 Å². The zero-order chi connectivity index (χ0) is 15.5. The highest BCUT2D eigenvalue weighted by Gasteiger charge is 2.34. The molecule has 22 heavy (non-hydrogen) atoms. The summed E-state index contributed by atoms with van der Waals surface area (Å²) in [6.45, 7) is 1.47. The molecule has 10 heteroatoms. The smallest absolute Gasteiger partial charge is 0.253 e. The van der Waals surface area contributed by atoms with Gasteiger partial charge in [-0.15, -0.1) is 23.7 Å². The number of sulfonamides is 1. The van der Waals surface area contributed by atoms with Crippen molar-refractivity contribution in [2.75, 3.05) is 26.2 Å². The van der Waals surface area contributed by atoms with Gasteiger partial charge in [0.25, 0.3) is 10.0 Å². The number of hydrogen-bond donors (Lipinski definition) is 2. The fraction of sp³-hybridized carbons (Fsp3) is 0.583. The molecule has 1 unspecified atom stereocenters. The second kappa shape index (κ2) is 8.60. The van der Waals surface area contributed by atoms with Gasteiger partial charge < -0.3 is 11.1 Å². The van der Waals surface area contributed by atoms with Gasteiger partial charge in [0.15, 0.2) is 0 Å². The van der Waals surface area contributed by atoms with Gasteiger partial charge in [0.05, 0.1) is 5.92 Å². The quantitative estimate of drug-likeness (QED) is 0.736. The van der Waals surface area contributed by atoms with Crippen LogP contribution in [0.1, 0.15) is 12.8 Å². The van der Waals surface area contributed by atoms with Gasteiger partial charge in [0.2, 0.25) is 5.91 Å². The summed E-state index contributed by atoms with van der Waals surface area (Å²) in [6, 6.07) is 1.72. The molecule has 1 aromatic rings. The molecule has 126 valence electrons. The van der Waals surface area contributed by atoms with Crippen molar-refractivity contribution < 1.29 is 13.2 Å². The van der Waals surface area contributed by atoms with Gasteiger partial charge in [-0.2, -0.15) is 4.31 Å². The fourth-order valence-corrected chi connectivity index (χ4v) is 6.27. The predicted octanol–water partition coefficient (Wildman–Crippen LogP) is 1.41. The molecule has 0 aromatic carbocycles. The van der Waals surface area contributed by atoms with Crippen molar-refractivity contribution >= 4 is 55.6 Å². The number of piperidine rings is 1. The number of thiophene rings is 1. The maximum Gasteiger partial charge on any atom is 0.253 e. The lowest BCUT2D eigenvalue weighted by atomic mass is 9.99. The monoisotopic (exact) mass is 431 g/mol. The lowest BCUT2D eigenvalue weighted by molar-refractivity contribution is -0.126. The van der Waals surface area contributed by atoms with E-state index in [-0.39, 0.29) is 30.8 Å². The molecule has 1 atom stereocenters. The van der Waals surface area contributed by atoms with Crippen LogP contribution >= 0.6 is 39.7 Å². The van der Waals surface area contributed by atoms with Crippen LogP contribution in [0.4, 0.5) is 0 Å². The third-order valence-corrected chi connectivity index (χ3v) is 7.87. The Morgan fingerprint density at radius 3 is 2.86 bits per heavy atom. The summed E-state index contributed by atoms with van der Waals surface area (Å²) in [5.74, 6) is -0.426. The van der Waals surface area contributed by atoms with Crippen LogP contribution in [0.3, 0.4) is 0 Å². The van der Waals surface area contributed by atoms with Gasteiger partial charge in [-0.25, -0.2) is 8.42 Å². The first kappa shape index (κ1) is 19.9. The average Bonchev–Trinajstić information content (AvgIpc) is 2.91. The standard InChI is InChI=1S/C12H18BrN3O3S2.ClH/c13-10-3-7-20-12(10)21(18,19)16-6-1-2-9(8-16)11(17)15-5-4-14;/h3,7,9H,1-2,4-6,8,14H2,(H,15,17);1H. The summed E-state index contributed by atoms with van der Waals surface area (Å²) >= 11 is 4.44. The topological polar surface area (TPSA) is 92.5 Å². The van der Waals surface area contributed by atoms with Crippen molar-refractivity contribution in [3.63, 3.8) is 0 Å². The maximum absolute atomic E-state index is 12.6. The van der Waals surface area contributed by atoms with Crippen molar-refractivity contribution in [3.8, 4) is 0 Å². The van der Waals surface area contributed by atoms with Gasteiger partial charge in [0, 0.05) is 30.7 Å². The number of halogens is 2. The molecule has 1 amide bonds. The van der Waals surface area contributed by atoms with E-state index in [1.165, 1.54) is 15.6 Å². The Bertz CT molecular complexity index is 609. The van der Waals surface area contributed by atoms with Crippen LogP contribution in [-0.4, -0.2) is 44.8 Å². The molecule has 2 heterocycles. The van der Waals surface area contributed by atoms with E-state index in [4.69, 9.17) is 5.73 Å². The first-order chi connectivity index (χ1) is 9.96. The van der Waals surface area contributed by atoms with Gasteiger partial charge in [-0.3, -0.25) is 4.79 Å². The predicted molar refractivity (Wildman–Crippen MR) is 92.8 cm³/mol. The summed E-state index contributed by atoms with van der Waals surface area (Å²) in [6.07, 6.45) is 1.39. The molecule has 3 N–H and O–H groups in total. The van der Waals surface area contributed by atoms with Gasteiger partial charge >= 0.3 is 0 Å². The average molecular weight is 433 g/mol. The Labute approximate surface area is 149 Å². The SMILES string of the molecule is Cl.NCCNC(=O)C1CCCN(S(=O)(=O)c2sccc2Br)C1. The largest absolute Gasteiger partial charge is 0.355 e. The first-order valence-corrected chi connectivity index (χ1v) is 9.79. The van der Waals surface area contributed by atoms with Gasteiger partial charge in [-0.05, 0) is 40.2 Å². The van der Waals surface area contributed by atoms with Gasteiger partial charge in [0.1, 0.15) is 4.21 Å². The van der Waals surface area contributed by atoms with Gasteiger partial charge in [-0.1, -0.05) is 0 Å². The van der Waals surface area contributed by atoms with Crippen LogP contribution in [0, 0.1) is 5.92 Å². The Hall–Kier alpha value is -0.190. The molecule has 0 bridgehead atoms. The number of rotatable bonds is 5. The van der Waals surface area contributed by atoms with Crippen LogP contribution in [0.25, 0.3) is 0 Å². The maximum atomic E-state index is 12.6. The number of nitrogens with zero attached hydrogens (tertiary/aromatic N) is 1. The van der Waals surface area contributed by atoms with Crippen molar-refractivity contribution in [3.05, 3.63) is 15.9 Å². The zero-order valence-electron chi connectivity index (χ0n) is 11.8. The van der Waals surface area contributed by atoms with E-state index in [0.717, 1.165) is 0 Å². The Kier molecular flexibility index (Phi) is 7.76.